The number of amides is 1. The van der Waals surface area contributed by atoms with Gasteiger partial charge in [0.05, 0.1) is 11.6 Å². The smallest absolute Gasteiger partial charge is 0.368 e. The lowest BCUT2D eigenvalue weighted by atomic mass is 10.0. The molecule has 0 saturated carbocycles. The number of hydrogen-bond donors (Lipinski definition) is 2. The van der Waals surface area contributed by atoms with Gasteiger partial charge in [0, 0.05) is 0 Å². The first kappa shape index (κ1) is 12.5. The number of carbonyl (C=O) groups excluding carboxylic acids is 1. The zero-order valence-electron chi connectivity index (χ0n) is 8.29. The minimum atomic E-state index is -4.40. The maximum atomic E-state index is 12.3. The second kappa shape index (κ2) is 4.52. The Morgan fingerprint density at radius 3 is 2.50 bits per heavy atom. The molecule has 1 aromatic rings. The lowest BCUT2D eigenvalue weighted by molar-refractivity contribution is -0.137. The van der Waals surface area contributed by atoms with Crippen LogP contribution in [0.25, 0.3) is 0 Å². The fourth-order valence-corrected chi connectivity index (χ4v) is 1.23. The predicted molar refractivity (Wildman–Crippen MR) is 52.3 cm³/mol. The average molecular weight is 232 g/mol. The Balaban J connectivity index is 2.87. The van der Waals surface area contributed by atoms with Crippen molar-refractivity contribution in [1.82, 2.24) is 0 Å². The molecule has 16 heavy (non-hydrogen) atoms. The highest BCUT2D eigenvalue weighted by molar-refractivity contribution is 5.79. The van der Waals surface area contributed by atoms with Gasteiger partial charge in [-0.05, 0) is 18.1 Å². The van der Waals surface area contributed by atoms with Crippen molar-refractivity contribution in [3.05, 3.63) is 35.4 Å². The Morgan fingerprint density at radius 2 is 2.00 bits per heavy atom. The first-order valence-electron chi connectivity index (χ1n) is 4.51. The van der Waals surface area contributed by atoms with E-state index in [4.69, 9.17) is 11.5 Å². The van der Waals surface area contributed by atoms with Gasteiger partial charge in [0.1, 0.15) is 0 Å². The molecule has 0 unspecified atom stereocenters. The second-order valence-electron chi connectivity index (χ2n) is 3.41. The molecule has 0 fully saturated rings. The number of carbonyl (C=O) groups is 1. The van der Waals surface area contributed by atoms with Gasteiger partial charge in [-0.25, -0.2) is 0 Å². The molecule has 1 atom stereocenters. The number of rotatable bonds is 3. The number of primary amides is 1. The highest BCUT2D eigenvalue weighted by Gasteiger charge is 2.30. The molecule has 1 aromatic carbocycles. The third-order valence-corrected chi connectivity index (χ3v) is 2.08. The summed E-state index contributed by atoms with van der Waals surface area (Å²) in [5.74, 6) is -0.739. The van der Waals surface area contributed by atoms with E-state index in [1.54, 1.807) is 0 Å². The van der Waals surface area contributed by atoms with E-state index in [0.717, 1.165) is 12.1 Å². The van der Waals surface area contributed by atoms with E-state index in [2.05, 4.69) is 0 Å². The molecule has 0 aliphatic rings. The summed E-state index contributed by atoms with van der Waals surface area (Å²) in [4.78, 5) is 10.7. The fourth-order valence-electron chi connectivity index (χ4n) is 1.23. The van der Waals surface area contributed by atoms with Crippen molar-refractivity contribution < 1.29 is 18.0 Å². The van der Waals surface area contributed by atoms with E-state index in [9.17, 15) is 18.0 Å². The standard InChI is InChI=1S/C10H11F3N2O/c11-10(12,13)7-3-1-2-6(4-7)5-8(14)9(15)16/h1-4,8H,5,14H2,(H2,15,16)/t8-/m1/s1. The molecule has 0 aliphatic heterocycles. The van der Waals surface area contributed by atoms with Crippen LogP contribution < -0.4 is 11.5 Å². The van der Waals surface area contributed by atoms with Crippen LogP contribution in [0.4, 0.5) is 13.2 Å². The summed E-state index contributed by atoms with van der Waals surface area (Å²) in [5, 5.41) is 0. The Bertz CT molecular complexity index is 390. The van der Waals surface area contributed by atoms with E-state index in [1.807, 2.05) is 0 Å². The van der Waals surface area contributed by atoms with Crippen LogP contribution >= 0.6 is 0 Å². The first-order valence-corrected chi connectivity index (χ1v) is 4.51. The zero-order valence-corrected chi connectivity index (χ0v) is 8.29. The van der Waals surface area contributed by atoms with Crippen molar-refractivity contribution >= 4 is 5.91 Å². The molecule has 0 heterocycles. The van der Waals surface area contributed by atoms with Crippen LogP contribution in [-0.2, 0) is 17.4 Å². The maximum absolute atomic E-state index is 12.3. The summed E-state index contributed by atoms with van der Waals surface area (Å²) in [6.45, 7) is 0. The second-order valence-corrected chi connectivity index (χ2v) is 3.41. The molecule has 1 amide bonds. The summed E-state index contributed by atoms with van der Waals surface area (Å²) < 4.78 is 37.0. The topological polar surface area (TPSA) is 69.1 Å². The summed E-state index contributed by atoms with van der Waals surface area (Å²) >= 11 is 0. The van der Waals surface area contributed by atoms with E-state index in [1.165, 1.54) is 12.1 Å². The summed E-state index contributed by atoms with van der Waals surface area (Å²) in [6, 6.07) is 3.69. The highest BCUT2D eigenvalue weighted by Crippen LogP contribution is 2.29. The van der Waals surface area contributed by atoms with Gasteiger partial charge in [-0.1, -0.05) is 18.2 Å². The molecule has 6 heteroatoms. The molecule has 4 N–H and O–H groups in total. The Hall–Kier alpha value is -1.56. The van der Waals surface area contributed by atoms with E-state index in [-0.39, 0.29) is 6.42 Å². The number of alkyl halides is 3. The molecule has 0 bridgehead atoms. The van der Waals surface area contributed by atoms with Gasteiger partial charge < -0.3 is 11.5 Å². The molecule has 88 valence electrons. The van der Waals surface area contributed by atoms with Gasteiger partial charge >= 0.3 is 6.18 Å². The van der Waals surface area contributed by atoms with Crippen molar-refractivity contribution in [3.8, 4) is 0 Å². The predicted octanol–water partition coefficient (Wildman–Crippen LogP) is 1.06. The van der Waals surface area contributed by atoms with Gasteiger partial charge in [0.15, 0.2) is 0 Å². The first-order chi connectivity index (χ1) is 7.30. The van der Waals surface area contributed by atoms with Crippen LogP contribution in [0.15, 0.2) is 24.3 Å². The minimum absolute atomic E-state index is 0.000741. The summed E-state index contributed by atoms with van der Waals surface area (Å²) in [7, 11) is 0. The lowest BCUT2D eigenvalue weighted by Gasteiger charge is -2.10. The zero-order chi connectivity index (χ0) is 12.3. The molecule has 0 saturated heterocycles. The monoisotopic (exact) mass is 232 g/mol. The van der Waals surface area contributed by atoms with Crippen molar-refractivity contribution in [1.29, 1.82) is 0 Å². The van der Waals surface area contributed by atoms with E-state index in [0.29, 0.717) is 5.56 Å². The number of nitrogens with two attached hydrogens (primary N) is 2. The van der Waals surface area contributed by atoms with Crippen molar-refractivity contribution in [3.63, 3.8) is 0 Å². The van der Waals surface area contributed by atoms with Crippen LogP contribution in [-0.4, -0.2) is 11.9 Å². The summed E-state index contributed by atoms with van der Waals surface area (Å²) in [5.41, 5.74) is 9.85. The Morgan fingerprint density at radius 1 is 1.38 bits per heavy atom. The highest BCUT2D eigenvalue weighted by atomic mass is 19.4. The molecule has 1 rings (SSSR count). The van der Waals surface area contributed by atoms with Crippen LogP contribution in [0.2, 0.25) is 0 Å². The SMILES string of the molecule is NC(=O)[C@H](N)Cc1cccc(C(F)(F)F)c1. The minimum Gasteiger partial charge on any atom is -0.368 e. The molecule has 3 nitrogen and oxygen atoms in total. The third kappa shape index (κ3) is 3.23. The molecular formula is C10H11F3N2O. The molecular weight excluding hydrogens is 221 g/mol. The fraction of sp³-hybridized carbons (Fsp3) is 0.300. The lowest BCUT2D eigenvalue weighted by Crippen LogP contribution is -2.38. The summed E-state index contributed by atoms with van der Waals surface area (Å²) in [6.07, 6.45) is -4.40. The third-order valence-electron chi connectivity index (χ3n) is 2.08. The van der Waals surface area contributed by atoms with Gasteiger partial charge in [0.2, 0.25) is 5.91 Å². The number of benzene rings is 1. The molecule has 0 aliphatic carbocycles. The average Bonchev–Trinajstić information content (AvgIpc) is 2.16. The number of hydrogen-bond acceptors (Lipinski definition) is 2. The van der Waals surface area contributed by atoms with Gasteiger partial charge in [-0.3, -0.25) is 4.79 Å². The Labute approximate surface area is 90.2 Å². The van der Waals surface area contributed by atoms with Crippen molar-refractivity contribution in [2.75, 3.05) is 0 Å². The van der Waals surface area contributed by atoms with Crippen LogP contribution in [0.5, 0.6) is 0 Å². The van der Waals surface area contributed by atoms with Crippen LogP contribution in [0.3, 0.4) is 0 Å². The molecule has 0 aromatic heterocycles. The van der Waals surface area contributed by atoms with E-state index >= 15 is 0 Å². The van der Waals surface area contributed by atoms with Crippen LogP contribution in [0.1, 0.15) is 11.1 Å². The largest absolute Gasteiger partial charge is 0.416 e. The van der Waals surface area contributed by atoms with E-state index < -0.39 is 23.7 Å². The Kier molecular flexibility index (Phi) is 3.54. The van der Waals surface area contributed by atoms with Gasteiger partial charge in [-0.15, -0.1) is 0 Å². The normalized spacial score (nSPS) is 13.5. The number of halogens is 3. The quantitative estimate of drug-likeness (QED) is 0.818. The maximum Gasteiger partial charge on any atom is 0.416 e. The van der Waals surface area contributed by atoms with Crippen molar-refractivity contribution in [2.24, 2.45) is 11.5 Å². The molecule has 0 radical (unpaired) electrons. The van der Waals surface area contributed by atoms with Gasteiger partial charge in [-0.2, -0.15) is 13.2 Å². The van der Waals surface area contributed by atoms with Crippen LogP contribution in [0, 0.1) is 0 Å². The van der Waals surface area contributed by atoms with Crippen molar-refractivity contribution in [2.45, 2.75) is 18.6 Å². The van der Waals surface area contributed by atoms with Gasteiger partial charge in [0.25, 0.3) is 0 Å². The molecule has 0 spiro atoms.